The summed E-state index contributed by atoms with van der Waals surface area (Å²) >= 11 is 3.42. The van der Waals surface area contributed by atoms with E-state index in [9.17, 15) is 9.90 Å². The molecule has 0 fully saturated rings. The van der Waals surface area contributed by atoms with E-state index in [1.807, 2.05) is 50.1 Å². The molecule has 1 aromatic carbocycles. The van der Waals surface area contributed by atoms with Crippen molar-refractivity contribution in [1.82, 2.24) is 4.90 Å². The van der Waals surface area contributed by atoms with Crippen molar-refractivity contribution in [3.63, 3.8) is 0 Å². The Labute approximate surface area is 128 Å². The van der Waals surface area contributed by atoms with E-state index < -0.39 is 0 Å². The highest BCUT2D eigenvalue weighted by Gasteiger charge is 2.17. The van der Waals surface area contributed by atoms with E-state index in [0.717, 1.165) is 10.0 Å². The van der Waals surface area contributed by atoms with Gasteiger partial charge in [-0.25, -0.2) is 0 Å². The van der Waals surface area contributed by atoms with Gasteiger partial charge in [0.1, 0.15) is 0 Å². The maximum absolute atomic E-state index is 11.5. The Balaban J connectivity index is 2.59. The predicted molar refractivity (Wildman–Crippen MR) is 82.4 cm³/mol. The molecule has 0 heterocycles. The summed E-state index contributed by atoms with van der Waals surface area (Å²) in [5, 5.41) is 9.58. The molecule has 0 saturated heterocycles. The molecule has 1 atom stereocenters. The van der Waals surface area contributed by atoms with Crippen LogP contribution in [-0.2, 0) is 9.53 Å². The van der Waals surface area contributed by atoms with Crippen LogP contribution in [0.1, 0.15) is 31.9 Å². The Morgan fingerprint density at radius 3 is 2.70 bits per heavy atom. The van der Waals surface area contributed by atoms with Gasteiger partial charge in [-0.3, -0.25) is 9.69 Å². The van der Waals surface area contributed by atoms with E-state index in [4.69, 9.17) is 4.74 Å². The molecular formula is C15H22BrNO3. The van der Waals surface area contributed by atoms with Gasteiger partial charge in [0.25, 0.3) is 0 Å². The number of hydrogen-bond donors (Lipinski definition) is 1. The lowest BCUT2D eigenvalue weighted by Gasteiger charge is -2.26. The van der Waals surface area contributed by atoms with E-state index in [2.05, 4.69) is 15.9 Å². The molecular weight excluding hydrogens is 322 g/mol. The van der Waals surface area contributed by atoms with Gasteiger partial charge < -0.3 is 9.84 Å². The topological polar surface area (TPSA) is 49.8 Å². The number of aliphatic hydroxyl groups excluding tert-OH is 1. The SMILES string of the molecule is CC(C)OC(=O)CCN(C)C(CO)c1cccc(Br)c1. The molecule has 0 aliphatic carbocycles. The third-order valence-electron chi connectivity index (χ3n) is 2.97. The third-order valence-corrected chi connectivity index (χ3v) is 3.47. The Hall–Kier alpha value is -0.910. The maximum atomic E-state index is 11.5. The zero-order valence-electron chi connectivity index (χ0n) is 12.2. The zero-order chi connectivity index (χ0) is 15.1. The van der Waals surface area contributed by atoms with Crippen LogP contribution in [0.2, 0.25) is 0 Å². The van der Waals surface area contributed by atoms with Gasteiger partial charge in [-0.1, -0.05) is 28.1 Å². The average molecular weight is 344 g/mol. The van der Waals surface area contributed by atoms with Crippen molar-refractivity contribution >= 4 is 21.9 Å². The Kier molecular flexibility index (Phi) is 7.19. The first-order valence-electron chi connectivity index (χ1n) is 6.70. The maximum Gasteiger partial charge on any atom is 0.307 e. The van der Waals surface area contributed by atoms with Gasteiger partial charge in [-0.15, -0.1) is 0 Å². The molecule has 0 aromatic heterocycles. The van der Waals surface area contributed by atoms with E-state index in [0.29, 0.717) is 13.0 Å². The highest BCUT2D eigenvalue weighted by Crippen LogP contribution is 2.22. The van der Waals surface area contributed by atoms with Crippen LogP contribution < -0.4 is 0 Å². The van der Waals surface area contributed by atoms with Gasteiger partial charge in [-0.2, -0.15) is 0 Å². The van der Waals surface area contributed by atoms with Gasteiger partial charge in [0.2, 0.25) is 0 Å². The summed E-state index contributed by atoms with van der Waals surface area (Å²) in [6, 6.07) is 7.69. The van der Waals surface area contributed by atoms with Crippen LogP contribution in [0.5, 0.6) is 0 Å². The lowest BCUT2D eigenvalue weighted by Crippen LogP contribution is -2.30. The first kappa shape index (κ1) is 17.1. The molecule has 20 heavy (non-hydrogen) atoms. The van der Waals surface area contributed by atoms with Crippen LogP contribution in [0.3, 0.4) is 0 Å². The number of nitrogens with zero attached hydrogens (tertiary/aromatic N) is 1. The number of ether oxygens (including phenoxy) is 1. The number of halogens is 1. The van der Waals surface area contributed by atoms with E-state index in [1.54, 1.807) is 0 Å². The monoisotopic (exact) mass is 343 g/mol. The van der Waals surface area contributed by atoms with Crippen molar-refractivity contribution in [2.45, 2.75) is 32.4 Å². The molecule has 0 saturated carbocycles. The van der Waals surface area contributed by atoms with Crippen LogP contribution in [0.4, 0.5) is 0 Å². The molecule has 1 aromatic rings. The normalized spacial score (nSPS) is 12.8. The summed E-state index contributed by atoms with van der Waals surface area (Å²) in [4.78, 5) is 13.5. The smallest absolute Gasteiger partial charge is 0.307 e. The van der Waals surface area contributed by atoms with E-state index in [1.165, 1.54) is 0 Å². The molecule has 1 unspecified atom stereocenters. The van der Waals surface area contributed by atoms with Crippen LogP contribution in [-0.4, -0.2) is 42.3 Å². The molecule has 0 radical (unpaired) electrons. The fourth-order valence-electron chi connectivity index (χ4n) is 1.96. The summed E-state index contributed by atoms with van der Waals surface area (Å²) in [6.45, 7) is 4.22. The van der Waals surface area contributed by atoms with Crippen molar-refractivity contribution < 1.29 is 14.6 Å². The summed E-state index contributed by atoms with van der Waals surface area (Å²) in [6.07, 6.45) is 0.227. The van der Waals surface area contributed by atoms with Crippen molar-refractivity contribution in [2.24, 2.45) is 0 Å². The number of rotatable bonds is 7. The van der Waals surface area contributed by atoms with Crippen molar-refractivity contribution in [3.05, 3.63) is 34.3 Å². The number of aliphatic hydroxyl groups is 1. The van der Waals surface area contributed by atoms with Crippen LogP contribution in [0.15, 0.2) is 28.7 Å². The minimum absolute atomic E-state index is 0.00613. The molecule has 5 heteroatoms. The van der Waals surface area contributed by atoms with Crippen molar-refractivity contribution in [1.29, 1.82) is 0 Å². The van der Waals surface area contributed by atoms with E-state index in [-0.39, 0.29) is 24.7 Å². The standard InChI is InChI=1S/C15H22BrNO3/c1-11(2)20-15(19)7-8-17(3)14(10-18)12-5-4-6-13(16)9-12/h4-6,9,11,14,18H,7-8,10H2,1-3H3. The second-order valence-electron chi connectivity index (χ2n) is 5.02. The minimum atomic E-state index is -0.210. The Morgan fingerprint density at radius 1 is 1.45 bits per heavy atom. The predicted octanol–water partition coefficient (Wildman–Crippen LogP) is 2.76. The highest BCUT2D eigenvalue weighted by atomic mass is 79.9. The fraction of sp³-hybridized carbons (Fsp3) is 0.533. The van der Waals surface area contributed by atoms with Gasteiger partial charge in [0, 0.05) is 11.0 Å². The zero-order valence-corrected chi connectivity index (χ0v) is 13.8. The molecule has 0 spiro atoms. The quantitative estimate of drug-likeness (QED) is 0.773. The summed E-state index contributed by atoms with van der Waals surface area (Å²) in [7, 11) is 1.89. The van der Waals surface area contributed by atoms with Gasteiger partial charge >= 0.3 is 5.97 Å². The summed E-state index contributed by atoms with van der Waals surface area (Å²) in [5.74, 6) is -0.210. The van der Waals surface area contributed by atoms with Crippen LogP contribution in [0.25, 0.3) is 0 Å². The molecule has 0 aliphatic rings. The Bertz CT molecular complexity index is 437. The molecule has 4 nitrogen and oxygen atoms in total. The number of likely N-dealkylation sites (N-methyl/N-ethyl adjacent to an activating group) is 1. The van der Waals surface area contributed by atoms with Crippen molar-refractivity contribution in [2.75, 3.05) is 20.2 Å². The van der Waals surface area contributed by atoms with Gasteiger partial charge in [0.05, 0.1) is 25.2 Å². The second kappa shape index (κ2) is 8.39. The third kappa shape index (κ3) is 5.61. The number of hydrogen-bond acceptors (Lipinski definition) is 4. The summed E-state index contributed by atoms with van der Waals surface area (Å²) in [5.41, 5.74) is 1.02. The van der Waals surface area contributed by atoms with E-state index >= 15 is 0 Å². The van der Waals surface area contributed by atoms with Gasteiger partial charge in [0.15, 0.2) is 0 Å². The first-order chi connectivity index (χ1) is 9.43. The molecule has 0 amide bonds. The average Bonchev–Trinajstić information content (AvgIpc) is 2.36. The number of benzene rings is 1. The first-order valence-corrected chi connectivity index (χ1v) is 7.49. The number of esters is 1. The number of carbonyl (C=O) groups is 1. The fourth-order valence-corrected chi connectivity index (χ4v) is 2.38. The van der Waals surface area contributed by atoms with Crippen molar-refractivity contribution in [3.8, 4) is 0 Å². The molecule has 0 bridgehead atoms. The van der Waals surface area contributed by atoms with Gasteiger partial charge in [-0.05, 0) is 38.6 Å². The van der Waals surface area contributed by atoms with Crippen LogP contribution in [0, 0.1) is 0 Å². The van der Waals surface area contributed by atoms with Crippen LogP contribution >= 0.6 is 15.9 Å². The highest BCUT2D eigenvalue weighted by molar-refractivity contribution is 9.10. The molecule has 1 N–H and O–H groups in total. The Morgan fingerprint density at radius 2 is 2.15 bits per heavy atom. The second-order valence-corrected chi connectivity index (χ2v) is 5.94. The lowest BCUT2D eigenvalue weighted by atomic mass is 10.1. The molecule has 1 rings (SSSR count). The largest absolute Gasteiger partial charge is 0.463 e. The number of carbonyl (C=O) groups excluding carboxylic acids is 1. The lowest BCUT2D eigenvalue weighted by molar-refractivity contribution is -0.147. The summed E-state index contributed by atoms with van der Waals surface area (Å²) < 4.78 is 6.08. The molecule has 0 aliphatic heterocycles. The minimum Gasteiger partial charge on any atom is -0.463 e. The molecule has 112 valence electrons.